The molecule has 2 aliphatic carbocycles. The first-order chi connectivity index (χ1) is 16.3. The molecular formula is C24H27F2N5O3. The van der Waals surface area contributed by atoms with Crippen LogP contribution >= 0.6 is 0 Å². The van der Waals surface area contributed by atoms with Gasteiger partial charge in [-0.25, -0.2) is 8.78 Å². The molecule has 2 N–H and O–H groups in total. The lowest BCUT2D eigenvalue weighted by atomic mass is 9.52. The Morgan fingerprint density at radius 1 is 1.18 bits per heavy atom. The minimum atomic E-state index is -1.00. The van der Waals surface area contributed by atoms with Gasteiger partial charge >= 0.3 is 6.01 Å². The van der Waals surface area contributed by atoms with Crippen molar-refractivity contribution >= 4 is 23.5 Å². The van der Waals surface area contributed by atoms with Gasteiger partial charge in [0, 0.05) is 36.2 Å². The van der Waals surface area contributed by atoms with Gasteiger partial charge in [0.15, 0.2) is 0 Å². The zero-order chi connectivity index (χ0) is 23.6. The fourth-order valence-electron chi connectivity index (χ4n) is 6.02. The van der Waals surface area contributed by atoms with Gasteiger partial charge in [-0.1, -0.05) is 11.5 Å². The summed E-state index contributed by atoms with van der Waals surface area (Å²) in [7, 11) is 0. The van der Waals surface area contributed by atoms with Crippen molar-refractivity contribution in [3.8, 4) is 0 Å². The summed E-state index contributed by atoms with van der Waals surface area (Å²) in [6.45, 7) is 2.47. The van der Waals surface area contributed by atoms with E-state index in [4.69, 9.17) is 4.42 Å². The number of hydrogen-bond acceptors (Lipinski definition) is 7. The van der Waals surface area contributed by atoms with Crippen LogP contribution in [-0.2, 0) is 9.59 Å². The number of amides is 2. The van der Waals surface area contributed by atoms with Crippen LogP contribution in [0.2, 0.25) is 0 Å². The van der Waals surface area contributed by atoms with Gasteiger partial charge in [0.1, 0.15) is 11.6 Å². The number of carbonyl (C=O) groups excluding carboxylic acids is 2. The number of carbonyl (C=O) groups is 2. The van der Waals surface area contributed by atoms with Crippen molar-refractivity contribution in [2.24, 2.45) is 5.41 Å². The first-order valence-corrected chi connectivity index (χ1v) is 12.0. The summed E-state index contributed by atoms with van der Waals surface area (Å²) in [5.41, 5.74) is 0.659. The molecular weight excluding hydrogens is 444 g/mol. The Hall–Kier alpha value is -3.04. The molecule has 2 amide bonds. The van der Waals surface area contributed by atoms with E-state index in [1.807, 2.05) is 11.8 Å². The molecule has 2 aromatic rings. The van der Waals surface area contributed by atoms with Gasteiger partial charge in [-0.2, -0.15) is 0 Å². The highest BCUT2D eigenvalue weighted by atomic mass is 19.1. The second-order valence-electron chi connectivity index (χ2n) is 10.4. The van der Waals surface area contributed by atoms with Crippen molar-refractivity contribution < 1.29 is 22.8 Å². The number of nitrogens with one attached hydrogen (secondary N) is 2. The van der Waals surface area contributed by atoms with Gasteiger partial charge in [0.2, 0.25) is 17.7 Å². The Labute approximate surface area is 195 Å². The molecule has 3 heterocycles. The molecule has 2 saturated heterocycles. The summed E-state index contributed by atoms with van der Waals surface area (Å²) in [5.74, 6) is -2.60. The lowest BCUT2D eigenvalue weighted by Crippen LogP contribution is -2.62. The van der Waals surface area contributed by atoms with Gasteiger partial charge in [0.25, 0.3) is 0 Å². The van der Waals surface area contributed by atoms with E-state index < -0.39 is 29.4 Å². The molecule has 180 valence electrons. The zero-order valence-corrected chi connectivity index (χ0v) is 18.9. The molecule has 8 nitrogen and oxygen atoms in total. The van der Waals surface area contributed by atoms with E-state index in [-0.39, 0.29) is 30.5 Å². The molecule has 6 rings (SSSR count). The average molecular weight is 472 g/mol. The molecule has 10 heteroatoms. The lowest BCUT2D eigenvalue weighted by Gasteiger charge is -2.53. The molecule has 4 fully saturated rings. The first-order valence-electron chi connectivity index (χ1n) is 12.0. The average Bonchev–Trinajstić information content (AvgIpc) is 3.17. The number of aromatic nitrogens is 2. The number of rotatable bonds is 5. The lowest BCUT2D eigenvalue weighted by molar-refractivity contribution is -0.134. The van der Waals surface area contributed by atoms with E-state index in [9.17, 15) is 18.4 Å². The van der Waals surface area contributed by atoms with Crippen LogP contribution in [-0.4, -0.2) is 40.6 Å². The quantitative estimate of drug-likeness (QED) is 0.643. The Bertz CT molecular complexity index is 1130. The minimum absolute atomic E-state index is 0.00593. The van der Waals surface area contributed by atoms with Crippen molar-refractivity contribution in [2.75, 3.05) is 16.8 Å². The van der Waals surface area contributed by atoms with Crippen LogP contribution in [0.3, 0.4) is 0 Å². The van der Waals surface area contributed by atoms with Crippen molar-refractivity contribution in [3.63, 3.8) is 0 Å². The van der Waals surface area contributed by atoms with Crippen molar-refractivity contribution in [2.45, 2.75) is 75.8 Å². The van der Waals surface area contributed by atoms with E-state index in [1.165, 1.54) is 31.4 Å². The topological polar surface area (TPSA) is 100 Å². The van der Waals surface area contributed by atoms with E-state index in [2.05, 4.69) is 20.8 Å². The van der Waals surface area contributed by atoms with Gasteiger partial charge in [0.05, 0.1) is 12.0 Å². The summed E-state index contributed by atoms with van der Waals surface area (Å²) in [6, 6.07) is 2.83. The predicted octanol–water partition coefficient (Wildman–Crippen LogP) is 3.60. The van der Waals surface area contributed by atoms with Gasteiger partial charge in [-0.05, 0) is 56.6 Å². The van der Waals surface area contributed by atoms with E-state index in [0.717, 1.165) is 12.8 Å². The van der Waals surface area contributed by atoms with Crippen LogP contribution in [0.5, 0.6) is 0 Å². The third-order valence-corrected chi connectivity index (χ3v) is 8.32. The van der Waals surface area contributed by atoms with Gasteiger partial charge < -0.3 is 14.6 Å². The normalized spacial score (nSPS) is 28.2. The summed E-state index contributed by atoms with van der Waals surface area (Å²) in [5, 5.41) is 13.8. The maximum atomic E-state index is 14.9. The second kappa shape index (κ2) is 7.74. The third-order valence-electron chi connectivity index (χ3n) is 8.32. The Morgan fingerprint density at radius 3 is 2.53 bits per heavy atom. The molecule has 4 aliphatic rings. The van der Waals surface area contributed by atoms with Crippen molar-refractivity contribution in [1.82, 2.24) is 15.5 Å². The third kappa shape index (κ3) is 3.45. The number of halogens is 2. The highest BCUT2D eigenvalue weighted by molar-refractivity contribution is 6.01. The SMILES string of the molecule is C[C@@H]1[C@@H](Nc2nnc(C3CC4(CCC4)C3)o2)CN1c1cc(F)c(C2CCC(=O)NC2=O)c(F)c1. The molecule has 1 aromatic heterocycles. The maximum absolute atomic E-state index is 14.9. The van der Waals surface area contributed by atoms with Gasteiger partial charge in [-0.3, -0.25) is 14.9 Å². The standard InChI is InChI=1S/C24H27F2N5O3/c1-12-18(27-23-30-29-22(34-23)13-9-24(10-13)5-2-6-24)11-31(12)14-7-16(25)20(17(26)8-14)15-3-4-19(32)28-21(15)33/h7-8,12-13,15,18H,2-6,9-11H2,1H3,(H,27,30)(H,28,32,33)/t12-,15?,18+/m1/s1. The molecule has 2 aliphatic heterocycles. The molecule has 0 radical (unpaired) electrons. The number of anilines is 2. The number of piperidine rings is 1. The van der Waals surface area contributed by atoms with Crippen LogP contribution in [0.1, 0.15) is 75.2 Å². The predicted molar refractivity (Wildman–Crippen MR) is 118 cm³/mol. The summed E-state index contributed by atoms with van der Waals surface area (Å²) in [6.07, 6.45) is 6.38. The van der Waals surface area contributed by atoms with Crippen LogP contribution in [0.4, 0.5) is 20.5 Å². The molecule has 1 unspecified atom stereocenters. The van der Waals surface area contributed by atoms with Crippen LogP contribution in [0.15, 0.2) is 16.5 Å². The van der Waals surface area contributed by atoms with E-state index >= 15 is 0 Å². The smallest absolute Gasteiger partial charge is 0.315 e. The number of hydrogen-bond donors (Lipinski definition) is 2. The van der Waals surface area contributed by atoms with E-state index in [0.29, 0.717) is 35.5 Å². The van der Waals surface area contributed by atoms with Crippen LogP contribution in [0.25, 0.3) is 0 Å². The number of nitrogens with zero attached hydrogens (tertiary/aromatic N) is 3. The minimum Gasteiger partial charge on any atom is -0.408 e. The number of benzene rings is 1. The summed E-state index contributed by atoms with van der Waals surface area (Å²) in [4.78, 5) is 25.3. The number of imide groups is 1. The molecule has 0 bridgehead atoms. The highest BCUT2D eigenvalue weighted by Gasteiger charge is 2.50. The fraction of sp³-hybridized carbons (Fsp3) is 0.583. The molecule has 2 saturated carbocycles. The highest BCUT2D eigenvalue weighted by Crippen LogP contribution is 2.61. The fourth-order valence-corrected chi connectivity index (χ4v) is 6.02. The second-order valence-corrected chi connectivity index (χ2v) is 10.4. The zero-order valence-electron chi connectivity index (χ0n) is 18.9. The molecule has 34 heavy (non-hydrogen) atoms. The summed E-state index contributed by atoms with van der Waals surface area (Å²) >= 11 is 0. The van der Waals surface area contributed by atoms with Crippen LogP contribution < -0.4 is 15.5 Å². The maximum Gasteiger partial charge on any atom is 0.315 e. The largest absolute Gasteiger partial charge is 0.408 e. The molecule has 3 atom stereocenters. The Balaban J connectivity index is 1.09. The summed E-state index contributed by atoms with van der Waals surface area (Å²) < 4.78 is 35.6. The van der Waals surface area contributed by atoms with Crippen LogP contribution in [0, 0.1) is 17.0 Å². The first kappa shape index (κ1) is 21.5. The van der Waals surface area contributed by atoms with Gasteiger partial charge in [-0.15, -0.1) is 5.10 Å². The molecule has 1 spiro atoms. The van der Waals surface area contributed by atoms with E-state index in [1.54, 1.807) is 0 Å². The Morgan fingerprint density at radius 2 is 1.91 bits per heavy atom. The molecule has 1 aromatic carbocycles. The van der Waals surface area contributed by atoms with Crippen molar-refractivity contribution in [1.29, 1.82) is 0 Å². The van der Waals surface area contributed by atoms with Crippen molar-refractivity contribution in [3.05, 3.63) is 35.2 Å². The Kier molecular flexibility index (Phi) is 4.90. The monoisotopic (exact) mass is 471 g/mol.